The number of hydrogen-bond donors (Lipinski definition) is 1. The zero-order chi connectivity index (χ0) is 20.9. The molecule has 8 heteroatoms. The molecule has 162 valence electrons. The number of rotatable bonds is 5. The van der Waals surface area contributed by atoms with Crippen LogP contribution in [0.4, 0.5) is 16.2 Å². The van der Waals surface area contributed by atoms with Crippen LogP contribution in [0.3, 0.4) is 0 Å². The predicted octanol–water partition coefficient (Wildman–Crippen LogP) is 2.75. The maximum Gasteiger partial charge on any atom is 0.254 e. The fourth-order valence-electron chi connectivity index (χ4n) is 4.35. The Balaban J connectivity index is 1.64. The number of nitrogens with one attached hydrogen (secondary N) is 1. The van der Waals surface area contributed by atoms with Crippen LogP contribution in [0.2, 0.25) is 0 Å². The predicted molar refractivity (Wildman–Crippen MR) is 114 cm³/mol. The van der Waals surface area contributed by atoms with Crippen molar-refractivity contribution in [2.75, 3.05) is 49.8 Å². The van der Waals surface area contributed by atoms with E-state index in [1.165, 1.54) is 6.07 Å². The molecule has 0 amide bonds. The summed E-state index contributed by atoms with van der Waals surface area (Å²) in [5.41, 5.74) is 0.675. The van der Waals surface area contributed by atoms with Crippen LogP contribution in [0.15, 0.2) is 29.1 Å². The van der Waals surface area contributed by atoms with Crippen molar-refractivity contribution in [2.24, 2.45) is 0 Å². The highest BCUT2D eigenvalue weighted by Gasteiger charge is 2.26. The Morgan fingerprint density at radius 3 is 2.83 bits per heavy atom. The Hall–Kier alpha value is -2.61. The van der Waals surface area contributed by atoms with Crippen molar-refractivity contribution < 1.29 is 13.9 Å². The molecule has 1 aromatic carbocycles. The average molecular weight is 416 g/mol. The minimum Gasteiger partial charge on any atom is -0.496 e. The fourth-order valence-corrected chi connectivity index (χ4v) is 4.35. The van der Waals surface area contributed by atoms with Crippen LogP contribution in [0, 0.1) is 5.82 Å². The lowest BCUT2D eigenvalue weighted by Gasteiger charge is -2.33. The van der Waals surface area contributed by atoms with Gasteiger partial charge < -0.3 is 19.3 Å². The van der Waals surface area contributed by atoms with Crippen molar-refractivity contribution in [1.82, 2.24) is 9.97 Å². The number of aromatic nitrogens is 2. The average Bonchev–Trinajstić information content (AvgIpc) is 2.99. The molecule has 7 nitrogen and oxygen atoms in total. The Morgan fingerprint density at radius 1 is 1.20 bits per heavy atom. The molecule has 1 N–H and O–H groups in total. The second-order valence-electron chi connectivity index (χ2n) is 7.88. The lowest BCUT2D eigenvalue weighted by Crippen LogP contribution is -2.41. The van der Waals surface area contributed by atoms with E-state index in [1.54, 1.807) is 25.3 Å². The third-order valence-corrected chi connectivity index (χ3v) is 5.90. The van der Waals surface area contributed by atoms with Gasteiger partial charge in [-0.2, -0.15) is 4.98 Å². The lowest BCUT2D eigenvalue weighted by atomic mass is 10.00. The Kier molecular flexibility index (Phi) is 6.52. The second kappa shape index (κ2) is 9.47. The number of halogens is 1. The third-order valence-electron chi connectivity index (χ3n) is 5.90. The van der Waals surface area contributed by atoms with Gasteiger partial charge >= 0.3 is 0 Å². The Morgan fingerprint density at radius 2 is 2.03 bits per heavy atom. The van der Waals surface area contributed by atoms with Crippen molar-refractivity contribution in [3.05, 3.63) is 46.0 Å². The van der Waals surface area contributed by atoms with Gasteiger partial charge in [0.25, 0.3) is 5.56 Å². The summed E-state index contributed by atoms with van der Waals surface area (Å²) in [6.45, 7) is 3.52. The van der Waals surface area contributed by atoms with Crippen LogP contribution < -0.4 is 20.1 Å². The molecule has 1 aromatic heterocycles. The highest BCUT2D eigenvalue weighted by Crippen LogP contribution is 2.28. The van der Waals surface area contributed by atoms with E-state index in [0.29, 0.717) is 37.2 Å². The maximum absolute atomic E-state index is 13.9. The number of aromatic amines is 1. The first kappa shape index (κ1) is 20.7. The molecule has 30 heavy (non-hydrogen) atoms. The summed E-state index contributed by atoms with van der Waals surface area (Å²) in [6.07, 6.45) is 4.83. The van der Waals surface area contributed by atoms with Gasteiger partial charge in [-0.15, -0.1) is 0 Å². The van der Waals surface area contributed by atoms with E-state index in [2.05, 4.69) is 14.8 Å². The first-order chi connectivity index (χ1) is 14.6. The molecule has 0 spiro atoms. The summed E-state index contributed by atoms with van der Waals surface area (Å²) >= 11 is 0. The largest absolute Gasteiger partial charge is 0.496 e. The van der Waals surface area contributed by atoms with E-state index in [1.807, 2.05) is 0 Å². The first-order valence-electron chi connectivity index (χ1n) is 10.7. The minimum atomic E-state index is -0.271. The molecule has 2 aliphatic rings. The van der Waals surface area contributed by atoms with Gasteiger partial charge in [0.05, 0.1) is 20.3 Å². The number of morpholine rings is 1. The van der Waals surface area contributed by atoms with Crippen molar-refractivity contribution in [1.29, 1.82) is 0 Å². The second-order valence-corrected chi connectivity index (χ2v) is 7.88. The van der Waals surface area contributed by atoms with Crippen LogP contribution >= 0.6 is 0 Å². The monoisotopic (exact) mass is 416 g/mol. The van der Waals surface area contributed by atoms with E-state index in [4.69, 9.17) is 14.5 Å². The summed E-state index contributed by atoms with van der Waals surface area (Å²) in [4.78, 5) is 24.5. The first-order valence-corrected chi connectivity index (χ1v) is 10.7. The maximum atomic E-state index is 13.9. The molecule has 4 rings (SSSR count). The van der Waals surface area contributed by atoms with Crippen LogP contribution in [-0.2, 0) is 11.2 Å². The van der Waals surface area contributed by atoms with Crippen LogP contribution in [0.1, 0.15) is 31.2 Å². The molecular formula is C22H29FN4O3. The van der Waals surface area contributed by atoms with E-state index in [-0.39, 0.29) is 17.4 Å². The van der Waals surface area contributed by atoms with E-state index in [9.17, 15) is 9.18 Å². The van der Waals surface area contributed by atoms with Gasteiger partial charge in [-0.25, -0.2) is 4.39 Å². The molecule has 2 saturated heterocycles. The van der Waals surface area contributed by atoms with Gasteiger partial charge in [-0.05, 0) is 43.0 Å². The number of methoxy groups -OCH3 is 1. The minimum absolute atomic E-state index is 0.103. The van der Waals surface area contributed by atoms with Crippen LogP contribution in [0.5, 0.6) is 5.75 Å². The summed E-state index contributed by atoms with van der Waals surface area (Å²) in [5, 5.41) is 0. The zero-order valence-electron chi connectivity index (χ0n) is 17.4. The SMILES string of the molecule is COc1ccc(F)cc1C[C@@H]1CCCCCN1c1nc(N2CCOCC2)cc(=O)[nH]1. The summed E-state index contributed by atoms with van der Waals surface area (Å²) < 4.78 is 24.8. The molecule has 0 aliphatic carbocycles. The molecule has 1 atom stereocenters. The summed E-state index contributed by atoms with van der Waals surface area (Å²) in [5.74, 6) is 1.69. The number of hydrogen-bond acceptors (Lipinski definition) is 6. The summed E-state index contributed by atoms with van der Waals surface area (Å²) in [7, 11) is 1.60. The van der Waals surface area contributed by atoms with Gasteiger partial charge in [-0.3, -0.25) is 9.78 Å². The number of benzene rings is 1. The van der Waals surface area contributed by atoms with Crippen molar-refractivity contribution in [2.45, 2.75) is 38.1 Å². The van der Waals surface area contributed by atoms with Crippen molar-refractivity contribution in [3.8, 4) is 5.75 Å². The van der Waals surface area contributed by atoms with Crippen molar-refractivity contribution >= 4 is 11.8 Å². The van der Waals surface area contributed by atoms with E-state index >= 15 is 0 Å². The number of H-pyrrole nitrogens is 1. The zero-order valence-corrected chi connectivity index (χ0v) is 17.4. The van der Waals surface area contributed by atoms with Gasteiger partial charge in [0.2, 0.25) is 5.95 Å². The van der Waals surface area contributed by atoms with Gasteiger partial charge in [0.15, 0.2) is 0 Å². The van der Waals surface area contributed by atoms with Crippen molar-refractivity contribution in [3.63, 3.8) is 0 Å². The number of nitrogens with zero attached hydrogens (tertiary/aromatic N) is 3. The highest BCUT2D eigenvalue weighted by atomic mass is 19.1. The quantitative estimate of drug-likeness (QED) is 0.808. The standard InChI is InChI=1S/C22H29FN4O3/c1-29-19-7-6-17(23)13-16(19)14-18-5-3-2-4-8-27(18)22-24-20(15-21(28)25-22)26-9-11-30-12-10-26/h6-7,13,15,18H,2-5,8-12,14H2,1H3,(H,24,25,28)/t18-/m0/s1. The number of anilines is 2. The fraction of sp³-hybridized carbons (Fsp3) is 0.545. The molecule has 0 saturated carbocycles. The van der Waals surface area contributed by atoms with E-state index < -0.39 is 0 Å². The smallest absolute Gasteiger partial charge is 0.254 e. The Labute approximate surface area is 175 Å². The molecule has 3 heterocycles. The number of ether oxygens (including phenoxy) is 2. The van der Waals surface area contributed by atoms with Crippen LogP contribution in [-0.4, -0.2) is 56.0 Å². The molecule has 0 bridgehead atoms. The van der Waals surface area contributed by atoms with Crippen LogP contribution in [0.25, 0.3) is 0 Å². The normalized spacial score (nSPS) is 20.1. The van der Waals surface area contributed by atoms with Gasteiger partial charge in [0, 0.05) is 31.7 Å². The highest BCUT2D eigenvalue weighted by molar-refractivity contribution is 5.45. The third kappa shape index (κ3) is 4.75. The molecular weight excluding hydrogens is 387 g/mol. The Bertz CT molecular complexity index is 913. The molecule has 2 fully saturated rings. The van der Waals surface area contributed by atoms with Gasteiger partial charge in [0.1, 0.15) is 17.4 Å². The topological polar surface area (TPSA) is 70.7 Å². The van der Waals surface area contributed by atoms with E-state index in [0.717, 1.165) is 50.9 Å². The molecule has 0 radical (unpaired) electrons. The summed E-state index contributed by atoms with van der Waals surface area (Å²) in [6, 6.07) is 6.29. The van der Waals surface area contributed by atoms with Gasteiger partial charge in [-0.1, -0.05) is 12.8 Å². The lowest BCUT2D eigenvalue weighted by molar-refractivity contribution is 0.122. The molecule has 0 unspecified atom stereocenters. The molecule has 2 aliphatic heterocycles. The molecule has 2 aromatic rings.